The van der Waals surface area contributed by atoms with Crippen LogP contribution in [0.2, 0.25) is 0 Å². The number of nitrogens with zero attached hydrogens (tertiary/aromatic N) is 2. The molecule has 0 aromatic heterocycles. The molecule has 2 unspecified atom stereocenters. The van der Waals surface area contributed by atoms with Gasteiger partial charge in [0, 0.05) is 12.6 Å². The summed E-state index contributed by atoms with van der Waals surface area (Å²) in [6.45, 7) is 6.39. The number of rotatable bonds is 1. The van der Waals surface area contributed by atoms with Gasteiger partial charge in [-0.1, -0.05) is 0 Å². The maximum atomic E-state index is 3.49. The van der Waals surface area contributed by atoms with Gasteiger partial charge in [0.05, 0.1) is 6.67 Å². The predicted octanol–water partition coefficient (Wildman–Crippen LogP) is 0.970. The normalized spacial score (nSPS) is 38.8. The Morgan fingerprint density at radius 1 is 1.06 bits per heavy atom. The second kappa shape index (κ2) is 4.63. The molecule has 0 bridgehead atoms. The van der Waals surface area contributed by atoms with Crippen LogP contribution >= 0.6 is 0 Å². The average molecular weight is 223 g/mol. The van der Waals surface area contributed by atoms with Crippen LogP contribution in [0.25, 0.3) is 0 Å². The van der Waals surface area contributed by atoms with Gasteiger partial charge in [0.1, 0.15) is 0 Å². The Hall–Kier alpha value is -0.120. The minimum absolute atomic E-state index is 0.874. The van der Waals surface area contributed by atoms with Crippen LogP contribution in [0.15, 0.2) is 0 Å². The summed E-state index contributed by atoms with van der Waals surface area (Å²) in [5, 5.41) is 3.49. The highest BCUT2D eigenvalue weighted by Crippen LogP contribution is 2.35. The van der Waals surface area contributed by atoms with Crippen LogP contribution in [-0.2, 0) is 0 Å². The molecule has 3 aliphatic rings. The van der Waals surface area contributed by atoms with Crippen molar-refractivity contribution in [2.24, 2.45) is 11.8 Å². The highest BCUT2D eigenvalue weighted by Gasteiger charge is 2.36. The van der Waals surface area contributed by atoms with Crippen LogP contribution in [0, 0.1) is 11.8 Å². The standard InChI is InChI=1S/C13H25N3/c1-15-9-13-8-12(4-7-16(13)10-15)11-2-5-14-6-3-11/h11-14H,2-10H2,1H3. The highest BCUT2D eigenvalue weighted by atomic mass is 15.4. The van der Waals surface area contributed by atoms with Crippen LogP contribution < -0.4 is 5.32 Å². The van der Waals surface area contributed by atoms with Gasteiger partial charge in [-0.25, -0.2) is 0 Å². The lowest BCUT2D eigenvalue weighted by molar-refractivity contribution is 0.106. The molecule has 3 nitrogen and oxygen atoms in total. The smallest absolute Gasteiger partial charge is 0.0507 e. The largest absolute Gasteiger partial charge is 0.317 e. The third-order valence-electron chi connectivity index (χ3n) is 4.87. The molecule has 3 rings (SSSR count). The topological polar surface area (TPSA) is 18.5 Å². The molecule has 3 fully saturated rings. The van der Waals surface area contributed by atoms with E-state index in [2.05, 4.69) is 22.2 Å². The molecule has 3 heteroatoms. The zero-order valence-electron chi connectivity index (χ0n) is 10.5. The molecule has 0 radical (unpaired) electrons. The lowest BCUT2D eigenvalue weighted by Gasteiger charge is -2.39. The van der Waals surface area contributed by atoms with Crippen molar-refractivity contribution in [3.63, 3.8) is 0 Å². The Bertz CT molecular complexity index is 237. The maximum Gasteiger partial charge on any atom is 0.0507 e. The lowest BCUT2D eigenvalue weighted by Crippen LogP contribution is -2.43. The fraction of sp³-hybridized carbons (Fsp3) is 1.00. The lowest BCUT2D eigenvalue weighted by atomic mass is 9.77. The van der Waals surface area contributed by atoms with E-state index >= 15 is 0 Å². The summed E-state index contributed by atoms with van der Waals surface area (Å²) >= 11 is 0. The number of nitrogens with one attached hydrogen (secondary N) is 1. The summed E-state index contributed by atoms with van der Waals surface area (Å²) < 4.78 is 0. The number of piperidine rings is 2. The quantitative estimate of drug-likeness (QED) is 0.714. The van der Waals surface area contributed by atoms with Crippen LogP contribution in [0.4, 0.5) is 0 Å². The van der Waals surface area contributed by atoms with Crippen molar-refractivity contribution in [3.8, 4) is 0 Å². The predicted molar refractivity (Wildman–Crippen MR) is 66.3 cm³/mol. The Kier molecular flexibility index (Phi) is 3.18. The number of fused-ring (bicyclic) bond motifs is 1. The molecule has 0 saturated carbocycles. The summed E-state index contributed by atoms with van der Waals surface area (Å²) in [5.41, 5.74) is 0. The molecule has 3 heterocycles. The van der Waals surface area contributed by atoms with E-state index in [1.165, 1.54) is 58.5 Å². The molecule has 0 spiro atoms. The second-order valence-corrected chi connectivity index (χ2v) is 6.02. The summed E-state index contributed by atoms with van der Waals surface area (Å²) in [6.07, 6.45) is 5.77. The van der Waals surface area contributed by atoms with Crippen molar-refractivity contribution in [3.05, 3.63) is 0 Å². The third kappa shape index (κ3) is 2.13. The van der Waals surface area contributed by atoms with Crippen LogP contribution in [0.5, 0.6) is 0 Å². The number of hydrogen-bond donors (Lipinski definition) is 1. The molecular weight excluding hydrogens is 198 g/mol. The van der Waals surface area contributed by atoms with E-state index in [4.69, 9.17) is 0 Å². The first-order valence-corrected chi connectivity index (χ1v) is 6.96. The van der Waals surface area contributed by atoms with Gasteiger partial charge in [0.15, 0.2) is 0 Å². The molecule has 3 aliphatic heterocycles. The molecule has 92 valence electrons. The van der Waals surface area contributed by atoms with Gasteiger partial charge in [-0.15, -0.1) is 0 Å². The molecule has 0 amide bonds. The van der Waals surface area contributed by atoms with Crippen molar-refractivity contribution >= 4 is 0 Å². The zero-order valence-corrected chi connectivity index (χ0v) is 10.5. The van der Waals surface area contributed by atoms with Gasteiger partial charge in [-0.3, -0.25) is 9.80 Å². The molecule has 16 heavy (non-hydrogen) atoms. The van der Waals surface area contributed by atoms with Crippen molar-refractivity contribution in [1.82, 2.24) is 15.1 Å². The van der Waals surface area contributed by atoms with Gasteiger partial charge in [0.25, 0.3) is 0 Å². The fourth-order valence-corrected chi connectivity index (χ4v) is 3.98. The summed E-state index contributed by atoms with van der Waals surface area (Å²) in [6, 6.07) is 0.874. The summed E-state index contributed by atoms with van der Waals surface area (Å²) in [5.74, 6) is 2.05. The SMILES string of the molecule is CN1CC2CC(C3CCNCC3)CCN2C1. The van der Waals surface area contributed by atoms with Crippen LogP contribution in [-0.4, -0.2) is 55.7 Å². The van der Waals surface area contributed by atoms with Crippen molar-refractivity contribution in [2.75, 3.05) is 39.9 Å². The van der Waals surface area contributed by atoms with Crippen LogP contribution in [0.3, 0.4) is 0 Å². The van der Waals surface area contributed by atoms with Gasteiger partial charge in [-0.2, -0.15) is 0 Å². The van der Waals surface area contributed by atoms with Crippen LogP contribution in [0.1, 0.15) is 25.7 Å². The van der Waals surface area contributed by atoms with Crippen molar-refractivity contribution < 1.29 is 0 Å². The average Bonchev–Trinajstić information content (AvgIpc) is 2.69. The molecular formula is C13H25N3. The van der Waals surface area contributed by atoms with Crippen molar-refractivity contribution in [1.29, 1.82) is 0 Å². The Labute approximate surface area is 99.2 Å². The van der Waals surface area contributed by atoms with E-state index in [1.54, 1.807) is 0 Å². The highest BCUT2D eigenvalue weighted by molar-refractivity contribution is 4.90. The Morgan fingerprint density at radius 2 is 1.88 bits per heavy atom. The monoisotopic (exact) mass is 223 g/mol. The maximum absolute atomic E-state index is 3.49. The van der Waals surface area contributed by atoms with Crippen molar-refractivity contribution in [2.45, 2.75) is 31.7 Å². The van der Waals surface area contributed by atoms with Gasteiger partial charge >= 0.3 is 0 Å². The van der Waals surface area contributed by atoms with Gasteiger partial charge < -0.3 is 5.32 Å². The summed E-state index contributed by atoms with van der Waals surface area (Å²) in [4.78, 5) is 5.17. The third-order valence-corrected chi connectivity index (χ3v) is 4.87. The minimum atomic E-state index is 0.874. The van der Waals surface area contributed by atoms with E-state index in [1.807, 2.05) is 0 Å². The van der Waals surface area contributed by atoms with E-state index in [0.717, 1.165) is 17.9 Å². The molecule has 0 aliphatic carbocycles. The molecule has 1 N–H and O–H groups in total. The molecule has 3 saturated heterocycles. The molecule has 0 aromatic carbocycles. The number of likely N-dealkylation sites (N-methyl/N-ethyl adjacent to an activating group) is 1. The van der Waals surface area contributed by atoms with Gasteiger partial charge in [0.2, 0.25) is 0 Å². The second-order valence-electron chi connectivity index (χ2n) is 6.02. The first-order chi connectivity index (χ1) is 7.83. The Morgan fingerprint density at radius 3 is 2.69 bits per heavy atom. The first kappa shape index (κ1) is 11.0. The van der Waals surface area contributed by atoms with E-state index < -0.39 is 0 Å². The zero-order chi connectivity index (χ0) is 11.0. The Balaban J connectivity index is 1.58. The van der Waals surface area contributed by atoms with E-state index in [-0.39, 0.29) is 0 Å². The summed E-state index contributed by atoms with van der Waals surface area (Å²) in [7, 11) is 2.26. The van der Waals surface area contributed by atoms with E-state index in [0.29, 0.717) is 0 Å². The molecule has 2 atom stereocenters. The van der Waals surface area contributed by atoms with E-state index in [9.17, 15) is 0 Å². The minimum Gasteiger partial charge on any atom is -0.317 e. The number of hydrogen-bond acceptors (Lipinski definition) is 3. The fourth-order valence-electron chi connectivity index (χ4n) is 3.98. The van der Waals surface area contributed by atoms with Gasteiger partial charge in [-0.05, 0) is 64.2 Å². The first-order valence-electron chi connectivity index (χ1n) is 6.96. The molecule has 0 aromatic rings.